The van der Waals surface area contributed by atoms with Crippen LogP contribution in [-0.2, 0) is 9.59 Å². The van der Waals surface area contributed by atoms with Crippen molar-refractivity contribution in [1.82, 2.24) is 0 Å². The van der Waals surface area contributed by atoms with E-state index in [0.29, 0.717) is 0 Å². The lowest BCUT2D eigenvalue weighted by Crippen LogP contribution is -1.73. The molecule has 0 atom stereocenters. The molecule has 0 unspecified atom stereocenters. The molecule has 0 saturated carbocycles. The van der Waals surface area contributed by atoms with Crippen LogP contribution in [0.15, 0.2) is 0 Å². The number of carbonyl (C=O) groups is 2. The van der Waals surface area contributed by atoms with Gasteiger partial charge in [0.25, 0.3) is 0 Å². The summed E-state index contributed by atoms with van der Waals surface area (Å²) in [7, 11) is 4.91. The minimum atomic E-state index is 0.0571. The SMILES string of the molecule is CC(=O)SSSSC(C)=O. The van der Waals surface area contributed by atoms with E-state index in [9.17, 15) is 9.59 Å². The van der Waals surface area contributed by atoms with Crippen LogP contribution in [0.25, 0.3) is 0 Å². The van der Waals surface area contributed by atoms with Gasteiger partial charge >= 0.3 is 0 Å². The third-order valence-electron chi connectivity index (χ3n) is 0.331. The molecule has 0 radical (unpaired) electrons. The maximum atomic E-state index is 10.3. The summed E-state index contributed by atoms with van der Waals surface area (Å²) in [4.78, 5) is 20.6. The van der Waals surface area contributed by atoms with Gasteiger partial charge in [-0.05, 0) is 41.2 Å². The molecular formula is C4H6O2S4. The molecule has 10 heavy (non-hydrogen) atoms. The van der Waals surface area contributed by atoms with Crippen molar-refractivity contribution < 1.29 is 9.59 Å². The fourth-order valence-electron chi connectivity index (χ4n) is 0.124. The summed E-state index contributed by atoms with van der Waals surface area (Å²) in [5.74, 6) is 0. The predicted molar refractivity (Wildman–Crippen MR) is 51.7 cm³/mol. The highest BCUT2D eigenvalue weighted by Gasteiger charge is 1.98. The summed E-state index contributed by atoms with van der Waals surface area (Å²) < 4.78 is 0. The average molecular weight is 214 g/mol. The summed E-state index contributed by atoms with van der Waals surface area (Å²) in [6.45, 7) is 2.99. The summed E-state index contributed by atoms with van der Waals surface area (Å²) >= 11 is 0. The average Bonchev–Trinajstić information content (AvgIpc) is 1.79. The molecule has 0 aliphatic rings. The molecule has 0 aromatic heterocycles. The molecule has 0 aromatic rings. The molecule has 0 saturated heterocycles. The molecule has 6 heteroatoms. The van der Waals surface area contributed by atoms with E-state index in [2.05, 4.69) is 0 Å². The van der Waals surface area contributed by atoms with Crippen LogP contribution in [0.3, 0.4) is 0 Å². The van der Waals surface area contributed by atoms with Crippen LogP contribution in [0.5, 0.6) is 0 Å². The standard InChI is InChI=1S/C4H6O2S4/c1-3(5)7-9-10-8-4(2)6/h1-2H3. The summed E-state index contributed by atoms with van der Waals surface area (Å²) in [5, 5.41) is 0.114. The van der Waals surface area contributed by atoms with Crippen molar-refractivity contribution in [2.75, 3.05) is 0 Å². The molecular weight excluding hydrogens is 208 g/mol. The largest absolute Gasteiger partial charge is 0.287 e. The Labute approximate surface area is 74.8 Å². The fourth-order valence-corrected chi connectivity index (χ4v) is 4.84. The van der Waals surface area contributed by atoms with Crippen molar-refractivity contribution >= 4 is 51.5 Å². The highest BCUT2D eigenvalue weighted by Crippen LogP contribution is 2.43. The third-order valence-corrected chi connectivity index (χ3v) is 6.20. The Bertz CT molecular complexity index is 119. The van der Waals surface area contributed by atoms with E-state index in [4.69, 9.17) is 0 Å². The van der Waals surface area contributed by atoms with Crippen molar-refractivity contribution in [3.8, 4) is 0 Å². The third kappa shape index (κ3) is 8.74. The quantitative estimate of drug-likeness (QED) is 0.531. The van der Waals surface area contributed by atoms with Gasteiger partial charge in [0.2, 0.25) is 0 Å². The topological polar surface area (TPSA) is 34.1 Å². The van der Waals surface area contributed by atoms with Gasteiger partial charge in [-0.25, -0.2) is 0 Å². The van der Waals surface area contributed by atoms with Crippen LogP contribution in [-0.4, -0.2) is 10.2 Å². The Kier molecular flexibility index (Phi) is 6.93. The second-order valence-electron chi connectivity index (χ2n) is 1.29. The lowest BCUT2D eigenvalue weighted by atomic mass is 10.9. The molecule has 0 N–H and O–H groups in total. The molecule has 0 fully saturated rings. The van der Waals surface area contributed by atoms with Gasteiger partial charge in [0.05, 0.1) is 0 Å². The number of hydrogen-bond donors (Lipinski definition) is 0. The van der Waals surface area contributed by atoms with Crippen LogP contribution < -0.4 is 0 Å². The Hall–Kier alpha value is 0.740. The van der Waals surface area contributed by atoms with Gasteiger partial charge in [-0.3, -0.25) is 9.59 Å². The van der Waals surface area contributed by atoms with Crippen LogP contribution >= 0.6 is 41.2 Å². The molecule has 0 aliphatic carbocycles. The van der Waals surface area contributed by atoms with E-state index in [1.807, 2.05) is 0 Å². The van der Waals surface area contributed by atoms with Crippen molar-refractivity contribution in [3.05, 3.63) is 0 Å². The van der Waals surface area contributed by atoms with Crippen molar-refractivity contribution in [2.24, 2.45) is 0 Å². The maximum Gasteiger partial charge on any atom is 0.197 e. The molecule has 0 rings (SSSR count). The first-order chi connectivity index (χ1) is 4.63. The second-order valence-corrected chi connectivity index (χ2v) is 7.31. The minimum Gasteiger partial charge on any atom is -0.287 e. The first-order valence-corrected chi connectivity index (χ1v) is 7.13. The molecule has 58 valence electrons. The monoisotopic (exact) mass is 214 g/mol. The molecule has 0 heterocycles. The summed E-state index contributed by atoms with van der Waals surface area (Å²) in [5.41, 5.74) is 0. The predicted octanol–water partition coefficient (Wildman–Crippen LogP) is 2.76. The number of hydrogen-bond acceptors (Lipinski definition) is 6. The van der Waals surface area contributed by atoms with E-state index in [1.54, 1.807) is 0 Å². The van der Waals surface area contributed by atoms with Crippen LogP contribution in [0, 0.1) is 0 Å². The fraction of sp³-hybridized carbons (Fsp3) is 0.500. The number of carbonyl (C=O) groups excluding carboxylic acids is 2. The first-order valence-electron chi connectivity index (χ1n) is 2.32. The number of rotatable bonds is 3. The van der Waals surface area contributed by atoms with Gasteiger partial charge in [-0.2, -0.15) is 0 Å². The lowest BCUT2D eigenvalue weighted by molar-refractivity contribution is -0.109. The van der Waals surface area contributed by atoms with Crippen molar-refractivity contribution in [1.29, 1.82) is 0 Å². The first kappa shape index (κ1) is 10.7. The van der Waals surface area contributed by atoms with E-state index >= 15 is 0 Å². The molecule has 0 spiro atoms. The van der Waals surface area contributed by atoms with E-state index in [0.717, 1.165) is 21.6 Å². The lowest BCUT2D eigenvalue weighted by Gasteiger charge is -1.90. The van der Waals surface area contributed by atoms with Crippen LogP contribution in [0.1, 0.15) is 13.8 Å². The van der Waals surface area contributed by atoms with Gasteiger partial charge in [-0.15, -0.1) is 0 Å². The Balaban J connectivity index is 3.06. The Morgan fingerprint density at radius 3 is 1.40 bits per heavy atom. The summed E-state index contributed by atoms with van der Waals surface area (Å²) in [6.07, 6.45) is 0. The second kappa shape index (κ2) is 6.45. The van der Waals surface area contributed by atoms with Crippen molar-refractivity contribution in [2.45, 2.75) is 13.8 Å². The van der Waals surface area contributed by atoms with Gasteiger partial charge in [0.1, 0.15) is 0 Å². The Morgan fingerprint density at radius 1 is 0.900 bits per heavy atom. The van der Waals surface area contributed by atoms with Crippen molar-refractivity contribution in [3.63, 3.8) is 0 Å². The highest BCUT2D eigenvalue weighted by molar-refractivity contribution is 9.28. The normalized spacial score (nSPS) is 9.40. The molecule has 0 aliphatic heterocycles. The Morgan fingerprint density at radius 2 is 1.20 bits per heavy atom. The van der Waals surface area contributed by atoms with Crippen LogP contribution in [0.4, 0.5) is 0 Å². The van der Waals surface area contributed by atoms with E-state index in [-0.39, 0.29) is 10.2 Å². The molecule has 0 bridgehead atoms. The van der Waals surface area contributed by atoms with Crippen LogP contribution in [0.2, 0.25) is 0 Å². The maximum absolute atomic E-state index is 10.3. The summed E-state index contributed by atoms with van der Waals surface area (Å²) in [6, 6.07) is 0. The zero-order valence-corrected chi connectivity index (χ0v) is 8.72. The van der Waals surface area contributed by atoms with Gasteiger partial charge in [0.15, 0.2) is 10.2 Å². The molecule has 0 aromatic carbocycles. The molecule has 0 amide bonds. The highest BCUT2D eigenvalue weighted by atomic mass is 33.7. The molecule has 2 nitrogen and oxygen atoms in total. The van der Waals surface area contributed by atoms with E-state index < -0.39 is 0 Å². The smallest absolute Gasteiger partial charge is 0.197 e. The zero-order valence-electron chi connectivity index (χ0n) is 5.45. The van der Waals surface area contributed by atoms with Gasteiger partial charge < -0.3 is 0 Å². The van der Waals surface area contributed by atoms with Gasteiger partial charge in [-0.1, -0.05) is 0 Å². The van der Waals surface area contributed by atoms with E-state index in [1.165, 1.54) is 33.5 Å². The van der Waals surface area contributed by atoms with Gasteiger partial charge in [0, 0.05) is 13.8 Å². The minimum absolute atomic E-state index is 0.0571. The zero-order chi connectivity index (χ0) is 7.98.